The van der Waals surface area contributed by atoms with Crippen LogP contribution >= 0.6 is 0 Å². The Bertz CT molecular complexity index is 584. The summed E-state index contributed by atoms with van der Waals surface area (Å²) in [5.41, 5.74) is 0.335. The summed E-state index contributed by atoms with van der Waals surface area (Å²) >= 11 is 0. The van der Waals surface area contributed by atoms with E-state index in [2.05, 4.69) is 0 Å². The first-order valence-corrected chi connectivity index (χ1v) is 7.37. The van der Waals surface area contributed by atoms with Crippen molar-refractivity contribution < 1.29 is 19.7 Å². The Hall–Kier alpha value is -1.86. The van der Waals surface area contributed by atoms with Crippen molar-refractivity contribution in [1.82, 2.24) is 9.47 Å². The molecule has 0 amide bonds. The highest BCUT2D eigenvalue weighted by Crippen LogP contribution is 2.19. The zero-order valence-electron chi connectivity index (χ0n) is 12.7. The Labute approximate surface area is 128 Å². The third-order valence-electron chi connectivity index (χ3n) is 3.97. The molecule has 2 heterocycles. The number of hydrogen-bond donors (Lipinski definition) is 2. The number of methoxy groups -OCH3 is 1. The van der Waals surface area contributed by atoms with Crippen LogP contribution < -0.4 is 5.43 Å². The van der Waals surface area contributed by atoms with Crippen molar-refractivity contribution in [2.45, 2.75) is 25.9 Å². The van der Waals surface area contributed by atoms with Crippen LogP contribution in [0, 0.1) is 5.92 Å². The van der Waals surface area contributed by atoms with Gasteiger partial charge in [-0.1, -0.05) is 0 Å². The minimum absolute atomic E-state index is 0.290. The number of carboxylic acid groups (broad SMARTS) is 1. The lowest BCUT2D eigenvalue weighted by molar-refractivity contribution is -0.143. The lowest BCUT2D eigenvalue weighted by Crippen LogP contribution is -2.39. The quantitative estimate of drug-likeness (QED) is 0.795. The van der Waals surface area contributed by atoms with Gasteiger partial charge < -0.3 is 19.5 Å². The summed E-state index contributed by atoms with van der Waals surface area (Å²) in [4.78, 5) is 24.8. The van der Waals surface area contributed by atoms with Crippen LogP contribution in [0.4, 0.5) is 0 Å². The van der Waals surface area contributed by atoms with Crippen molar-refractivity contribution >= 4 is 5.97 Å². The number of nitrogens with zero attached hydrogens (tertiary/aromatic N) is 2. The summed E-state index contributed by atoms with van der Waals surface area (Å²) in [6, 6.07) is 1.41. The molecule has 1 aromatic heterocycles. The van der Waals surface area contributed by atoms with Crippen molar-refractivity contribution in [3.63, 3.8) is 0 Å². The van der Waals surface area contributed by atoms with Gasteiger partial charge in [0.05, 0.1) is 18.7 Å². The molecule has 0 aromatic carbocycles. The van der Waals surface area contributed by atoms with Gasteiger partial charge in [0.1, 0.15) is 0 Å². The first-order valence-electron chi connectivity index (χ1n) is 7.37. The van der Waals surface area contributed by atoms with E-state index in [1.165, 1.54) is 12.3 Å². The fourth-order valence-corrected chi connectivity index (χ4v) is 2.77. The third kappa shape index (κ3) is 4.08. The Balaban J connectivity index is 2.15. The molecule has 1 aliphatic heterocycles. The second kappa shape index (κ2) is 7.42. The summed E-state index contributed by atoms with van der Waals surface area (Å²) in [7, 11) is 1.59. The summed E-state index contributed by atoms with van der Waals surface area (Å²) in [6.45, 7) is 2.77. The van der Waals surface area contributed by atoms with Crippen molar-refractivity contribution in [2.24, 2.45) is 5.92 Å². The minimum atomic E-state index is -0.771. The fourth-order valence-electron chi connectivity index (χ4n) is 2.77. The smallest absolute Gasteiger partial charge is 0.307 e. The first kappa shape index (κ1) is 16.5. The molecule has 0 spiro atoms. The first-order chi connectivity index (χ1) is 10.5. The molecule has 0 bridgehead atoms. The zero-order chi connectivity index (χ0) is 16.1. The molecule has 2 rings (SSSR count). The number of ether oxygens (including phenoxy) is 1. The van der Waals surface area contributed by atoms with Gasteiger partial charge in [-0.2, -0.15) is 0 Å². The van der Waals surface area contributed by atoms with Crippen molar-refractivity contribution in [3.05, 3.63) is 28.2 Å². The van der Waals surface area contributed by atoms with Gasteiger partial charge in [0, 0.05) is 38.5 Å². The molecule has 1 atom stereocenters. The van der Waals surface area contributed by atoms with Gasteiger partial charge in [-0.15, -0.1) is 0 Å². The van der Waals surface area contributed by atoms with E-state index < -0.39 is 11.4 Å². The maximum absolute atomic E-state index is 11.7. The average molecular weight is 310 g/mol. The van der Waals surface area contributed by atoms with Crippen molar-refractivity contribution in [3.8, 4) is 5.75 Å². The van der Waals surface area contributed by atoms with Crippen LogP contribution in [0.5, 0.6) is 5.75 Å². The normalized spacial score (nSPS) is 19.2. The second-order valence-corrected chi connectivity index (χ2v) is 5.61. The topological polar surface area (TPSA) is 92.0 Å². The molecule has 0 aliphatic carbocycles. The minimum Gasteiger partial charge on any atom is -0.503 e. The monoisotopic (exact) mass is 310 g/mol. The highest BCUT2D eigenvalue weighted by molar-refractivity contribution is 5.70. The highest BCUT2D eigenvalue weighted by Gasteiger charge is 2.25. The van der Waals surface area contributed by atoms with Gasteiger partial charge in [0.15, 0.2) is 5.75 Å². The molecule has 1 aliphatic rings. The van der Waals surface area contributed by atoms with Crippen molar-refractivity contribution in [1.29, 1.82) is 0 Å². The van der Waals surface area contributed by atoms with Gasteiger partial charge in [0.25, 0.3) is 0 Å². The number of piperidine rings is 1. The van der Waals surface area contributed by atoms with Crippen LogP contribution in [0.3, 0.4) is 0 Å². The van der Waals surface area contributed by atoms with Crippen LogP contribution in [-0.4, -0.2) is 52.5 Å². The number of hydrogen-bond acceptors (Lipinski definition) is 5. The molecule has 2 N–H and O–H groups in total. The molecule has 1 fully saturated rings. The maximum atomic E-state index is 11.7. The highest BCUT2D eigenvalue weighted by atomic mass is 16.5. The second-order valence-electron chi connectivity index (χ2n) is 5.61. The molecule has 1 unspecified atom stereocenters. The standard InChI is InChI=1S/C15H22N2O5/c1-22-6-5-17-10-14(19)13(18)7-12(17)9-16-4-2-3-11(8-16)15(20)21/h7,10-11,19H,2-6,8-9H2,1H3,(H,20,21). The summed E-state index contributed by atoms with van der Waals surface area (Å²) < 4.78 is 6.82. The maximum Gasteiger partial charge on any atom is 0.307 e. The number of rotatable bonds is 6. The molecule has 7 nitrogen and oxygen atoms in total. The van der Waals surface area contributed by atoms with E-state index in [0.29, 0.717) is 32.7 Å². The third-order valence-corrected chi connectivity index (χ3v) is 3.97. The van der Waals surface area contributed by atoms with E-state index in [1.54, 1.807) is 11.7 Å². The predicted molar refractivity (Wildman–Crippen MR) is 79.9 cm³/mol. The summed E-state index contributed by atoms with van der Waals surface area (Å²) in [5, 5.41) is 18.7. The summed E-state index contributed by atoms with van der Waals surface area (Å²) in [6.07, 6.45) is 2.94. The van der Waals surface area contributed by atoms with Gasteiger partial charge in [-0.05, 0) is 19.4 Å². The van der Waals surface area contributed by atoms with E-state index in [0.717, 1.165) is 18.7 Å². The van der Waals surface area contributed by atoms with E-state index in [1.807, 2.05) is 4.90 Å². The van der Waals surface area contributed by atoms with Crippen LogP contribution in [0.2, 0.25) is 0 Å². The number of carboxylic acids is 1. The lowest BCUT2D eigenvalue weighted by Gasteiger charge is -2.31. The van der Waals surface area contributed by atoms with Gasteiger partial charge in [-0.3, -0.25) is 14.5 Å². The predicted octanol–water partition coefficient (Wildman–Crippen LogP) is 0.497. The fraction of sp³-hybridized carbons (Fsp3) is 0.600. The summed E-state index contributed by atoms with van der Waals surface area (Å²) in [5.74, 6) is -1.42. The Kier molecular flexibility index (Phi) is 5.57. The van der Waals surface area contributed by atoms with Crippen LogP contribution in [0.25, 0.3) is 0 Å². The number of likely N-dealkylation sites (tertiary alicyclic amines) is 1. The molecule has 7 heteroatoms. The van der Waals surface area contributed by atoms with Gasteiger partial charge in [0.2, 0.25) is 5.43 Å². The van der Waals surface area contributed by atoms with Crippen LogP contribution in [-0.2, 0) is 22.6 Å². The largest absolute Gasteiger partial charge is 0.503 e. The lowest BCUT2D eigenvalue weighted by atomic mass is 9.98. The number of aromatic nitrogens is 1. The molecule has 0 saturated carbocycles. The molecule has 22 heavy (non-hydrogen) atoms. The van der Waals surface area contributed by atoms with E-state index in [9.17, 15) is 14.7 Å². The SMILES string of the molecule is COCCn1cc(O)c(=O)cc1CN1CCCC(C(=O)O)C1. The molecule has 1 saturated heterocycles. The van der Waals surface area contributed by atoms with Gasteiger partial charge >= 0.3 is 5.97 Å². The molecule has 0 radical (unpaired) electrons. The average Bonchev–Trinajstić information content (AvgIpc) is 2.49. The van der Waals surface area contributed by atoms with E-state index in [-0.39, 0.29) is 11.7 Å². The zero-order valence-corrected chi connectivity index (χ0v) is 12.7. The number of aliphatic carboxylic acids is 1. The number of carbonyl (C=O) groups is 1. The van der Waals surface area contributed by atoms with Gasteiger partial charge in [-0.25, -0.2) is 0 Å². The van der Waals surface area contributed by atoms with Crippen molar-refractivity contribution in [2.75, 3.05) is 26.8 Å². The molecule has 122 valence electrons. The van der Waals surface area contributed by atoms with E-state index >= 15 is 0 Å². The molecule has 1 aromatic rings. The molecular weight excluding hydrogens is 288 g/mol. The van der Waals surface area contributed by atoms with Crippen LogP contribution in [0.1, 0.15) is 18.5 Å². The molecular formula is C15H22N2O5. The Morgan fingerprint density at radius 3 is 2.95 bits per heavy atom. The Morgan fingerprint density at radius 1 is 1.50 bits per heavy atom. The van der Waals surface area contributed by atoms with E-state index in [4.69, 9.17) is 9.84 Å². The van der Waals surface area contributed by atoms with Crippen LogP contribution in [0.15, 0.2) is 17.1 Å². The Morgan fingerprint density at radius 2 is 2.27 bits per heavy atom. The number of aromatic hydroxyl groups is 1. The number of pyridine rings is 1.